The smallest absolute Gasteiger partial charge is 0.140 e. The fourth-order valence-corrected chi connectivity index (χ4v) is 1.44. The van der Waals surface area contributed by atoms with Crippen molar-refractivity contribution in [2.75, 3.05) is 6.61 Å². The number of aliphatic hydroxyl groups excluding tert-OH is 1. The molecule has 0 aliphatic carbocycles. The van der Waals surface area contributed by atoms with Gasteiger partial charge >= 0.3 is 0 Å². The molecule has 0 aliphatic rings. The zero-order valence-electron chi connectivity index (χ0n) is 7.74. The minimum atomic E-state index is -0.156. The van der Waals surface area contributed by atoms with Gasteiger partial charge < -0.3 is 5.11 Å². The van der Waals surface area contributed by atoms with E-state index in [0.29, 0.717) is 5.15 Å². The molecule has 3 nitrogen and oxygen atoms in total. The van der Waals surface area contributed by atoms with Gasteiger partial charge in [-0.15, -0.1) is 0 Å². The number of fused-ring (bicyclic) bond motifs is 1. The minimum absolute atomic E-state index is 0.156. The van der Waals surface area contributed by atoms with Crippen LogP contribution in [0.1, 0.15) is 5.56 Å². The van der Waals surface area contributed by atoms with Crippen molar-refractivity contribution in [2.24, 2.45) is 0 Å². The summed E-state index contributed by atoms with van der Waals surface area (Å²) in [5.41, 5.74) is 1.57. The largest absolute Gasteiger partial charge is 0.384 e. The van der Waals surface area contributed by atoms with Crippen molar-refractivity contribution in [2.45, 2.75) is 0 Å². The van der Waals surface area contributed by atoms with Gasteiger partial charge in [0.1, 0.15) is 18.1 Å². The summed E-state index contributed by atoms with van der Waals surface area (Å²) in [7, 11) is 0. The van der Waals surface area contributed by atoms with E-state index in [1.807, 2.05) is 12.1 Å². The molecule has 74 valence electrons. The Labute approximate surface area is 91.7 Å². The molecule has 0 fully saturated rings. The second kappa shape index (κ2) is 4.26. The summed E-state index contributed by atoms with van der Waals surface area (Å²) >= 11 is 5.91. The number of nitrogens with zero attached hydrogens (tertiary/aromatic N) is 2. The van der Waals surface area contributed by atoms with Crippen molar-refractivity contribution in [3.8, 4) is 11.8 Å². The molecule has 1 aromatic heterocycles. The van der Waals surface area contributed by atoms with E-state index in [2.05, 4.69) is 21.8 Å². The summed E-state index contributed by atoms with van der Waals surface area (Å²) in [4.78, 5) is 7.96. The number of halogens is 1. The molecule has 0 radical (unpaired) electrons. The Morgan fingerprint density at radius 2 is 2.20 bits per heavy atom. The first-order chi connectivity index (χ1) is 7.31. The van der Waals surface area contributed by atoms with Crippen molar-refractivity contribution in [1.82, 2.24) is 9.97 Å². The summed E-state index contributed by atoms with van der Waals surface area (Å²) in [6.45, 7) is -0.156. The first-order valence-electron chi connectivity index (χ1n) is 4.31. The van der Waals surface area contributed by atoms with Crippen LogP contribution in [0.5, 0.6) is 0 Å². The summed E-state index contributed by atoms with van der Waals surface area (Å²) in [5.74, 6) is 5.37. The topological polar surface area (TPSA) is 46.0 Å². The number of hydrogen-bond acceptors (Lipinski definition) is 3. The lowest BCUT2D eigenvalue weighted by Crippen LogP contribution is -1.85. The third kappa shape index (κ3) is 2.07. The van der Waals surface area contributed by atoms with E-state index < -0.39 is 0 Å². The highest BCUT2D eigenvalue weighted by Crippen LogP contribution is 2.19. The maximum Gasteiger partial charge on any atom is 0.140 e. The average Bonchev–Trinajstić information content (AvgIpc) is 2.27. The molecule has 1 heterocycles. The Kier molecular flexibility index (Phi) is 2.82. The van der Waals surface area contributed by atoms with Gasteiger partial charge in [-0.05, 0) is 18.2 Å². The van der Waals surface area contributed by atoms with Gasteiger partial charge in [-0.2, -0.15) is 0 Å². The quantitative estimate of drug-likeness (QED) is 0.540. The Balaban J connectivity index is 2.59. The zero-order valence-corrected chi connectivity index (χ0v) is 8.49. The van der Waals surface area contributed by atoms with Crippen LogP contribution in [-0.4, -0.2) is 21.7 Å². The fraction of sp³-hybridized carbons (Fsp3) is 0.0909. The Hall–Kier alpha value is -1.63. The number of aromatic nitrogens is 2. The number of rotatable bonds is 0. The van der Waals surface area contributed by atoms with Gasteiger partial charge in [0.2, 0.25) is 0 Å². The molecule has 4 heteroatoms. The lowest BCUT2D eigenvalue weighted by molar-refractivity contribution is 0.350. The molecule has 2 rings (SSSR count). The predicted octanol–water partition coefficient (Wildman–Crippen LogP) is 1.63. The van der Waals surface area contributed by atoms with Gasteiger partial charge in [0.15, 0.2) is 0 Å². The number of aliphatic hydroxyl groups is 1. The van der Waals surface area contributed by atoms with E-state index >= 15 is 0 Å². The van der Waals surface area contributed by atoms with Crippen molar-refractivity contribution in [3.63, 3.8) is 0 Å². The first-order valence-corrected chi connectivity index (χ1v) is 4.69. The van der Waals surface area contributed by atoms with Crippen molar-refractivity contribution < 1.29 is 5.11 Å². The highest BCUT2D eigenvalue weighted by Gasteiger charge is 2.00. The van der Waals surface area contributed by atoms with Gasteiger partial charge in [0.05, 0.1) is 5.52 Å². The lowest BCUT2D eigenvalue weighted by Gasteiger charge is -1.98. The monoisotopic (exact) mass is 218 g/mol. The Morgan fingerprint density at radius 3 is 3.00 bits per heavy atom. The molecule has 0 saturated carbocycles. The van der Waals surface area contributed by atoms with E-state index in [1.54, 1.807) is 6.07 Å². The number of benzene rings is 1. The molecule has 0 spiro atoms. The van der Waals surface area contributed by atoms with Crippen molar-refractivity contribution in [1.29, 1.82) is 0 Å². The molecule has 1 aromatic carbocycles. The zero-order chi connectivity index (χ0) is 10.7. The molecule has 0 aliphatic heterocycles. The van der Waals surface area contributed by atoms with Crippen LogP contribution >= 0.6 is 11.6 Å². The molecule has 0 atom stereocenters. The van der Waals surface area contributed by atoms with Gasteiger partial charge in [-0.3, -0.25) is 0 Å². The Bertz CT molecular complexity index is 557. The van der Waals surface area contributed by atoms with Crippen LogP contribution in [0.15, 0.2) is 24.5 Å². The van der Waals surface area contributed by atoms with E-state index in [0.717, 1.165) is 16.5 Å². The molecule has 1 N–H and O–H groups in total. The van der Waals surface area contributed by atoms with Crippen LogP contribution in [0.3, 0.4) is 0 Å². The summed E-state index contributed by atoms with van der Waals surface area (Å²) < 4.78 is 0. The highest BCUT2D eigenvalue weighted by atomic mass is 35.5. The minimum Gasteiger partial charge on any atom is -0.384 e. The van der Waals surface area contributed by atoms with E-state index in [4.69, 9.17) is 16.7 Å². The standard InChI is InChI=1S/C11H7ClN2O/c12-11-9-6-8(2-1-5-15)3-4-10(9)13-7-14-11/h3-4,6-7,15H,5H2. The van der Waals surface area contributed by atoms with Crippen LogP contribution < -0.4 is 0 Å². The highest BCUT2D eigenvalue weighted by molar-refractivity contribution is 6.34. The lowest BCUT2D eigenvalue weighted by atomic mass is 10.1. The van der Waals surface area contributed by atoms with Crippen molar-refractivity contribution >= 4 is 22.5 Å². The summed E-state index contributed by atoms with van der Waals surface area (Å²) in [6.07, 6.45) is 1.42. The summed E-state index contributed by atoms with van der Waals surface area (Å²) in [6, 6.07) is 5.46. The SMILES string of the molecule is OCC#Cc1ccc2ncnc(Cl)c2c1. The second-order valence-corrected chi connectivity index (χ2v) is 3.21. The molecule has 2 aromatic rings. The van der Waals surface area contributed by atoms with Crippen LogP contribution in [0.25, 0.3) is 10.9 Å². The molecule has 0 amide bonds. The maximum atomic E-state index is 8.57. The molecular formula is C11H7ClN2O. The van der Waals surface area contributed by atoms with Crippen molar-refractivity contribution in [3.05, 3.63) is 35.2 Å². The molecule has 0 bridgehead atoms. The van der Waals surface area contributed by atoms with Crippen LogP contribution in [0.2, 0.25) is 5.15 Å². The van der Waals surface area contributed by atoms with Crippen LogP contribution in [-0.2, 0) is 0 Å². The van der Waals surface area contributed by atoms with E-state index in [9.17, 15) is 0 Å². The average molecular weight is 219 g/mol. The molecular weight excluding hydrogens is 212 g/mol. The third-order valence-corrected chi connectivity index (χ3v) is 2.20. The molecule has 0 saturated heterocycles. The van der Waals surface area contributed by atoms with Gasteiger partial charge in [0.25, 0.3) is 0 Å². The normalized spacial score (nSPS) is 9.73. The van der Waals surface area contributed by atoms with Gasteiger partial charge in [-0.1, -0.05) is 23.4 Å². The molecule has 15 heavy (non-hydrogen) atoms. The summed E-state index contributed by atoms with van der Waals surface area (Å²) in [5, 5.41) is 9.75. The second-order valence-electron chi connectivity index (χ2n) is 2.86. The van der Waals surface area contributed by atoms with E-state index in [1.165, 1.54) is 6.33 Å². The van der Waals surface area contributed by atoms with E-state index in [-0.39, 0.29) is 6.61 Å². The third-order valence-electron chi connectivity index (χ3n) is 1.90. The Morgan fingerprint density at radius 1 is 1.33 bits per heavy atom. The van der Waals surface area contributed by atoms with Gasteiger partial charge in [-0.25, -0.2) is 9.97 Å². The van der Waals surface area contributed by atoms with Gasteiger partial charge in [0, 0.05) is 10.9 Å². The fourth-order valence-electron chi connectivity index (χ4n) is 1.24. The van der Waals surface area contributed by atoms with Crippen LogP contribution in [0, 0.1) is 11.8 Å². The molecule has 0 unspecified atom stereocenters. The first kappa shape index (κ1) is 9.91. The maximum absolute atomic E-state index is 8.57. The predicted molar refractivity (Wildman–Crippen MR) is 58.5 cm³/mol. The number of hydrogen-bond donors (Lipinski definition) is 1. The van der Waals surface area contributed by atoms with Crippen LogP contribution in [0.4, 0.5) is 0 Å².